The molecule has 0 atom stereocenters. The van der Waals surface area contributed by atoms with E-state index in [1.54, 1.807) is 25.6 Å². The number of methoxy groups -OCH3 is 2. The number of nitrogens with zero attached hydrogens (tertiary/aromatic N) is 1. The maximum absolute atomic E-state index is 5.35. The summed E-state index contributed by atoms with van der Waals surface area (Å²) < 4.78 is 10.5. The number of rotatable bonds is 4. The SMILES string of the molecule is CNc1csc(-c2ccc(OC)cc2OC)n1. The quantitative estimate of drug-likeness (QED) is 0.906. The Morgan fingerprint density at radius 3 is 2.65 bits per heavy atom. The minimum absolute atomic E-state index is 0.765. The van der Waals surface area contributed by atoms with Crippen molar-refractivity contribution in [3.8, 4) is 22.1 Å². The number of ether oxygens (including phenoxy) is 2. The first kappa shape index (κ1) is 11.7. The molecule has 0 amide bonds. The second-order valence-electron chi connectivity index (χ2n) is 3.35. The molecule has 1 aromatic carbocycles. The van der Waals surface area contributed by atoms with Gasteiger partial charge in [-0.2, -0.15) is 0 Å². The van der Waals surface area contributed by atoms with Gasteiger partial charge in [-0.15, -0.1) is 11.3 Å². The van der Waals surface area contributed by atoms with Gasteiger partial charge in [-0.3, -0.25) is 0 Å². The molecule has 0 saturated heterocycles. The van der Waals surface area contributed by atoms with Crippen LogP contribution in [0.2, 0.25) is 0 Å². The minimum atomic E-state index is 0.765. The second-order valence-corrected chi connectivity index (χ2v) is 4.21. The molecule has 5 heteroatoms. The van der Waals surface area contributed by atoms with Crippen LogP contribution in [-0.4, -0.2) is 26.3 Å². The Balaban J connectivity index is 2.43. The summed E-state index contributed by atoms with van der Waals surface area (Å²) in [4.78, 5) is 4.45. The van der Waals surface area contributed by atoms with E-state index in [0.717, 1.165) is 27.9 Å². The first-order valence-electron chi connectivity index (χ1n) is 5.14. The lowest BCUT2D eigenvalue weighted by molar-refractivity contribution is 0.395. The highest BCUT2D eigenvalue weighted by molar-refractivity contribution is 7.13. The van der Waals surface area contributed by atoms with Crippen LogP contribution >= 0.6 is 11.3 Å². The minimum Gasteiger partial charge on any atom is -0.497 e. The van der Waals surface area contributed by atoms with E-state index in [9.17, 15) is 0 Å². The molecule has 4 nitrogen and oxygen atoms in total. The van der Waals surface area contributed by atoms with Crippen LogP contribution in [0.5, 0.6) is 11.5 Å². The van der Waals surface area contributed by atoms with Crippen molar-refractivity contribution in [1.82, 2.24) is 4.98 Å². The fraction of sp³-hybridized carbons (Fsp3) is 0.250. The molecule has 2 rings (SSSR count). The van der Waals surface area contributed by atoms with Crippen LogP contribution in [0.4, 0.5) is 5.82 Å². The molecular weight excluding hydrogens is 236 g/mol. The molecule has 0 radical (unpaired) electrons. The van der Waals surface area contributed by atoms with Crippen molar-refractivity contribution in [2.45, 2.75) is 0 Å². The van der Waals surface area contributed by atoms with Crippen molar-refractivity contribution in [3.05, 3.63) is 23.6 Å². The van der Waals surface area contributed by atoms with Crippen LogP contribution in [0.25, 0.3) is 10.6 Å². The second kappa shape index (κ2) is 5.05. The predicted molar refractivity (Wildman–Crippen MR) is 70.2 cm³/mol. The number of anilines is 1. The largest absolute Gasteiger partial charge is 0.497 e. The Hall–Kier alpha value is -1.75. The van der Waals surface area contributed by atoms with Crippen molar-refractivity contribution in [2.24, 2.45) is 0 Å². The predicted octanol–water partition coefficient (Wildman–Crippen LogP) is 2.87. The fourth-order valence-corrected chi connectivity index (χ4v) is 2.33. The molecule has 0 fully saturated rings. The lowest BCUT2D eigenvalue weighted by atomic mass is 10.2. The zero-order valence-electron chi connectivity index (χ0n) is 9.98. The lowest BCUT2D eigenvalue weighted by Gasteiger charge is -2.08. The van der Waals surface area contributed by atoms with Crippen LogP contribution in [0.15, 0.2) is 23.6 Å². The van der Waals surface area contributed by atoms with Gasteiger partial charge in [0, 0.05) is 18.5 Å². The number of hydrogen-bond donors (Lipinski definition) is 1. The van der Waals surface area contributed by atoms with E-state index in [4.69, 9.17) is 9.47 Å². The van der Waals surface area contributed by atoms with Gasteiger partial charge in [0.05, 0.1) is 19.8 Å². The summed E-state index contributed by atoms with van der Waals surface area (Å²) in [5.74, 6) is 2.40. The normalized spacial score (nSPS) is 10.1. The summed E-state index contributed by atoms with van der Waals surface area (Å²) in [6.07, 6.45) is 0. The van der Waals surface area contributed by atoms with Gasteiger partial charge in [0.1, 0.15) is 22.3 Å². The van der Waals surface area contributed by atoms with Crippen molar-refractivity contribution in [1.29, 1.82) is 0 Å². The van der Waals surface area contributed by atoms with E-state index in [0.29, 0.717) is 0 Å². The highest BCUT2D eigenvalue weighted by Gasteiger charge is 2.10. The molecule has 17 heavy (non-hydrogen) atoms. The van der Waals surface area contributed by atoms with E-state index in [2.05, 4.69) is 10.3 Å². The van der Waals surface area contributed by atoms with Gasteiger partial charge in [0.25, 0.3) is 0 Å². The first-order chi connectivity index (χ1) is 8.28. The summed E-state index contributed by atoms with van der Waals surface area (Å²) in [5, 5.41) is 5.91. The zero-order valence-corrected chi connectivity index (χ0v) is 10.8. The number of hydrogen-bond acceptors (Lipinski definition) is 5. The number of benzene rings is 1. The Kier molecular flexibility index (Phi) is 3.49. The average Bonchev–Trinajstić information content (AvgIpc) is 2.86. The molecule has 0 spiro atoms. The highest BCUT2D eigenvalue weighted by Crippen LogP contribution is 2.35. The lowest BCUT2D eigenvalue weighted by Crippen LogP contribution is -1.91. The molecule has 1 N–H and O–H groups in total. The molecule has 0 saturated carbocycles. The number of aromatic nitrogens is 1. The summed E-state index contributed by atoms with van der Waals surface area (Å²) in [5.41, 5.74) is 0.972. The van der Waals surface area contributed by atoms with Crippen molar-refractivity contribution in [2.75, 3.05) is 26.6 Å². The molecule has 0 aliphatic rings. The zero-order chi connectivity index (χ0) is 12.3. The summed E-state index contributed by atoms with van der Waals surface area (Å²) in [6, 6.07) is 5.71. The van der Waals surface area contributed by atoms with Crippen LogP contribution in [0, 0.1) is 0 Å². The Morgan fingerprint density at radius 1 is 1.24 bits per heavy atom. The summed E-state index contributed by atoms with van der Waals surface area (Å²) >= 11 is 1.58. The number of thiazole rings is 1. The van der Waals surface area contributed by atoms with E-state index in [-0.39, 0.29) is 0 Å². The smallest absolute Gasteiger partial charge is 0.137 e. The standard InChI is InChI=1S/C12H14N2O2S/c1-13-11-7-17-12(14-11)9-5-4-8(15-2)6-10(9)16-3/h4-7,13H,1-3H3. The van der Waals surface area contributed by atoms with Gasteiger partial charge in [0.15, 0.2) is 0 Å². The fourth-order valence-electron chi connectivity index (χ4n) is 1.49. The topological polar surface area (TPSA) is 43.4 Å². The van der Waals surface area contributed by atoms with Crippen molar-refractivity contribution >= 4 is 17.2 Å². The van der Waals surface area contributed by atoms with Gasteiger partial charge >= 0.3 is 0 Å². The van der Waals surface area contributed by atoms with Crippen molar-refractivity contribution < 1.29 is 9.47 Å². The molecule has 90 valence electrons. The van der Waals surface area contributed by atoms with Crippen molar-refractivity contribution in [3.63, 3.8) is 0 Å². The van der Waals surface area contributed by atoms with Crippen LogP contribution in [0.1, 0.15) is 0 Å². The Bertz CT molecular complexity index is 511. The van der Waals surface area contributed by atoms with E-state index < -0.39 is 0 Å². The van der Waals surface area contributed by atoms with E-state index >= 15 is 0 Å². The maximum Gasteiger partial charge on any atom is 0.137 e. The number of nitrogens with one attached hydrogen (secondary N) is 1. The molecule has 0 unspecified atom stereocenters. The molecule has 1 aromatic heterocycles. The van der Waals surface area contributed by atoms with Crippen LogP contribution < -0.4 is 14.8 Å². The van der Waals surface area contributed by atoms with E-state index in [1.807, 2.05) is 30.6 Å². The molecular formula is C12H14N2O2S. The molecule has 0 aliphatic carbocycles. The molecule has 0 aliphatic heterocycles. The third kappa shape index (κ3) is 2.34. The third-order valence-electron chi connectivity index (χ3n) is 2.40. The monoisotopic (exact) mass is 250 g/mol. The first-order valence-corrected chi connectivity index (χ1v) is 6.02. The highest BCUT2D eigenvalue weighted by atomic mass is 32.1. The molecule has 1 heterocycles. The third-order valence-corrected chi connectivity index (χ3v) is 3.27. The van der Waals surface area contributed by atoms with Gasteiger partial charge in [-0.05, 0) is 12.1 Å². The maximum atomic E-state index is 5.35. The van der Waals surface area contributed by atoms with Gasteiger partial charge in [0.2, 0.25) is 0 Å². The van der Waals surface area contributed by atoms with Gasteiger partial charge in [-0.1, -0.05) is 0 Å². The van der Waals surface area contributed by atoms with Gasteiger partial charge < -0.3 is 14.8 Å². The Morgan fingerprint density at radius 2 is 2.06 bits per heavy atom. The van der Waals surface area contributed by atoms with Crippen LogP contribution in [-0.2, 0) is 0 Å². The Labute approximate surface area is 104 Å². The summed E-state index contributed by atoms with van der Waals surface area (Å²) in [7, 11) is 5.13. The van der Waals surface area contributed by atoms with Gasteiger partial charge in [-0.25, -0.2) is 4.98 Å². The average molecular weight is 250 g/mol. The van der Waals surface area contributed by atoms with E-state index in [1.165, 1.54) is 0 Å². The molecule has 0 bridgehead atoms. The summed E-state index contributed by atoms with van der Waals surface area (Å²) in [6.45, 7) is 0. The van der Waals surface area contributed by atoms with Crippen LogP contribution in [0.3, 0.4) is 0 Å². The molecule has 2 aromatic rings.